The zero-order valence-electron chi connectivity index (χ0n) is 26.4. The molecule has 0 spiro atoms. The molecule has 1 N–H and O–H groups in total. The van der Waals surface area contributed by atoms with Crippen LogP contribution in [0.1, 0.15) is 104 Å². The van der Waals surface area contributed by atoms with E-state index in [1.807, 2.05) is 31.2 Å². The zero-order valence-corrected chi connectivity index (χ0v) is 29.2. The zero-order chi connectivity index (χ0) is 30.4. The Morgan fingerprint density at radius 1 is 0.775 bits per heavy atom. The number of carbonyl (C=O) groups is 1. The molecule has 0 amide bonds. The molecule has 0 heterocycles. The van der Waals surface area contributed by atoms with E-state index >= 15 is 0 Å². The van der Waals surface area contributed by atoms with Gasteiger partial charge in [-0.1, -0.05) is 83.7 Å². The quantitative estimate of drug-likeness (QED) is 0.148. The summed E-state index contributed by atoms with van der Waals surface area (Å²) in [6, 6.07) is 14.4. The first kappa shape index (κ1) is 33.5. The van der Waals surface area contributed by atoms with E-state index in [1.165, 1.54) is 0 Å². The molecule has 216 valence electrons. The number of carboxylic acids is 1. The van der Waals surface area contributed by atoms with E-state index in [4.69, 9.17) is 14.0 Å². The minimum absolute atomic E-state index is 0.182. The molecule has 0 saturated carbocycles. The van der Waals surface area contributed by atoms with Crippen LogP contribution in [0.15, 0.2) is 60.7 Å². The second kappa shape index (κ2) is 13.3. The van der Waals surface area contributed by atoms with Crippen molar-refractivity contribution in [3.63, 3.8) is 0 Å². The third kappa shape index (κ3) is 11.1. The van der Waals surface area contributed by atoms with Gasteiger partial charge in [0.1, 0.15) is 0 Å². The molecule has 0 unspecified atom stereocenters. The van der Waals surface area contributed by atoms with E-state index in [2.05, 4.69) is 99.3 Å². The molecule has 0 fully saturated rings. The van der Waals surface area contributed by atoms with Crippen molar-refractivity contribution in [2.75, 3.05) is 0 Å². The van der Waals surface area contributed by atoms with Crippen molar-refractivity contribution in [3.05, 3.63) is 88.5 Å². The number of hydrogen-bond donors (Lipinski definition) is 1. The lowest BCUT2D eigenvalue weighted by molar-refractivity contribution is -0.131. The summed E-state index contributed by atoms with van der Waals surface area (Å²) in [6.45, 7) is 24.1. The molecule has 0 radical (unpaired) electrons. The molecule has 0 aliphatic carbocycles. The Kier molecular flexibility index (Phi) is 11.2. The lowest BCUT2D eigenvalue weighted by atomic mass is 9.84. The molecule has 0 atom stereocenters. The first-order valence-electron chi connectivity index (χ1n) is 13.9. The molecule has 4 nitrogen and oxygen atoms in total. The van der Waals surface area contributed by atoms with Gasteiger partial charge < -0.3 is 14.0 Å². The van der Waals surface area contributed by atoms with E-state index in [-0.39, 0.29) is 10.1 Å². The van der Waals surface area contributed by atoms with Crippen LogP contribution in [0.3, 0.4) is 0 Å². The Balaban J connectivity index is 2.50. The fourth-order valence-corrected chi connectivity index (χ4v) is 5.85. The molecule has 2 aromatic rings. The van der Waals surface area contributed by atoms with Crippen LogP contribution in [0.4, 0.5) is 0 Å². The smallest absolute Gasteiger partial charge is 0.328 e. The standard InChI is InChI=1S/C34H48O4Si2/c1-24(14-12-17-30(35)36)27-16-13-15-25(22-27)18-19-26-20-21-28(33(8,9)37-39-31(2,3)4)29(23-26)34(10,11)38-40-32(5,6)7/h12-17,20-23H,39-40H2,1-11H3,(H,35,36). The molecule has 6 heteroatoms. The van der Waals surface area contributed by atoms with Crippen molar-refractivity contribution in [3.8, 4) is 11.8 Å². The lowest BCUT2D eigenvalue weighted by Crippen LogP contribution is -2.34. The third-order valence-corrected chi connectivity index (χ3v) is 9.77. The first-order chi connectivity index (χ1) is 18.3. The summed E-state index contributed by atoms with van der Waals surface area (Å²) in [4.78, 5) is 10.8. The number of carboxylic acid groups (broad SMARTS) is 1. The van der Waals surface area contributed by atoms with Crippen molar-refractivity contribution < 1.29 is 18.8 Å². The van der Waals surface area contributed by atoms with E-state index < -0.39 is 36.7 Å². The molecular weight excluding hydrogens is 529 g/mol. The van der Waals surface area contributed by atoms with Gasteiger partial charge in [0.25, 0.3) is 0 Å². The molecule has 2 aromatic carbocycles. The molecule has 40 heavy (non-hydrogen) atoms. The van der Waals surface area contributed by atoms with Gasteiger partial charge in [-0.25, -0.2) is 4.79 Å². The van der Waals surface area contributed by atoms with Crippen LogP contribution in [0.25, 0.3) is 5.57 Å². The van der Waals surface area contributed by atoms with Crippen molar-refractivity contribution in [1.82, 2.24) is 0 Å². The van der Waals surface area contributed by atoms with Gasteiger partial charge in [-0.2, -0.15) is 0 Å². The van der Waals surface area contributed by atoms with E-state index in [1.54, 1.807) is 12.2 Å². The van der Waals surface area contributed by atoms with Crippen molar-refractivity contribution in [1.29, 1.82) is 0 Å². The molecular formula is C34H48O4Si2. The SMILES string of the molecule is CC(=CC=CC(=O)O)c1cccc(C#Cc2ccc(C(C)(C)O[SiH2]C(C)(C)C)c(C(C)(C)O[SiH2]C(C)(C)C)c2)c1. The highest BCUT2D eigenvalue weighted by atomic mass is 28.2. The van der Waals surface area contributed by atoms with Gasteiger partial charge in [0, 0.05) is 17.2 Å². The number of allylic oxidation sites excluding steroid dienone is 3. The maximum Gasteiger partial charge on any atom is 0.328 e. The highest BCUT2D eigenvalue weighted by Crippen LogP contribution is 2.38. The topological polar surface area (TPSA) is 55.8 Å². The maximum absolute atomic E-state index is 10.8. The summed E-state index contributed by atoms with van der Waals surface area (Å²) in [5, 5.41) is 9.21. The van der Waals surface area contributed by atoms with Crippen LogP contribution in [-0.4, -0.2) is 30.6 Å². The Bertz CT molecular complexity index is 1310. The summed E-state index contributed by atoms with van der Waals surface area (Å²) < 4.78 is 13.3. The Morgan fingerprint density at radius 2 is 1.30 bits per heavy atom. The van der Waals surface area contributed by atoms with Crippen LogP contribution in [0.5, 0.6) is 0 Å². The number of aliphatic carboxylic acids is 1. The van der Waals surface area contributed by atoms with Crippen molar-refractivity contribution in [2.45, 2.75) is 97.4 Å². The summed E-state index contributed by atoms with van der Waals surface area (Å²) in [5.41, 5.74) is 5.17. The van der Waals surface area contributed by atoms with Crippen molar-refractivity contribution in [2.24, 2.45) is 0 Å². The minimum atomic E-state index is -0.963. The van der Waals surface area contributed by atoms with Crippen molar-refractivity contribution >= 4 is 31.1 Å². The Morgan fingerprint density at radius 3 is 1.82 bits per heavy atom. The van der Waals surface area contributed by atoms with Crippen LogP contribution in [-0.2, 0) is 24.8 Å². The number of hydrogen-bond acceptors (Lipinski definition) is 3. The normalized spacial score (nSPS) is 13.9. The van der Waals surface area contributed by atoms with Gasteiger partial charge in [-0.3, -0.25) is 0 Å². The van der Waals surface area contributed by atoms with E-state index in [0.717, 1.165) is 39.5 Å². The summed E-state index contributed by atoms with van der Waals surface area (Å²) in [7, 11) is -1.56. The second-order valence-corrected chi connectivity index (χ2v) is 19.3. The number of rotatable bonds is 9. The molecule has 0 aliphatic rings. The molecule has 2 rings (SSSR count). The van der Waals surface area contributed by atoms with Crippen LogP contribution in [0, 0.1) is 11.8 Å². The van der Waals surface area contributed by atoms with Crippen LogP contribution >= 0.6 is 0 Å². The summed E-state index contributed by atoms with van der Waals surface area (Å²) in [6.07, 6.45) is 4.46. The average molecular weight is 577 g/mol. The maximum atomic E-state index is 10.8. The van der Waals surface area contributed by atoms with E-state index in [9.17, 15) is 4.79 Å². The Labute approximate surface area is 247 Å². The molecule has 0 aliphatic heterocycles. The third-order valence-electron chi connectivity index (χ3n) is 6.30. The van der Waals surface area contributed by atoms with Gasteiger partial charge in [-0.05, 0) is 91.2 Å². The number of benzene rings is 2. The van der Waals surface area contributed by atoms with Crippen LogP contribution in [0.2, 0.25) is 10.1 Å². The average Bonchev–Trinajstić information content (AvgIpc) is 2.84. The largest absolute Gasteiger partial charge is 0.478 e. The van der Waals surface area contributed by atoms with Gasteiger partial charge in [0.15, 0.2) is 19.5 Å². The predicted molar refractivity (Wildman–Crippen MR) is 174 cm³/mol. The Hall–Kier alpha value is -2.70. The first-order valence-corrected chi connectivity index (χ1v) is 16.5. The van der Waals surface area contributed by atoms with Gasteiger partial charge in [0.2, 0.25) is 0 Å². The predicted octanol–water partition coefficient (Wildman–Crippen LogP) is 7.24. The highest BCUT2D eigenvalue weighted by Gasteiger charge is 2.33. The summed E-state index contributed by atoms with van der Waals surface area (Å²) in [5.74, 6) is 5.73. The molecule has 0 saturated heterocycles. The van der Waals surface area contributed by atoms with Crippen LogP contribution < -0.4 is 0 Å². The second-order valence-electron chi connectivity index (χ2n) is 13.9. The minimum Gasteiger partial charge on any atom is -0.478 e. The highest BCUT2D eigenvalue weighted by molar-refractivity contribution is 6.32. The molecule has 0 bridgehead atoms. The van der Waals surface area contributed by atoms with Gasteiger partial charge in [0.05, 0.1) is 11.2 Å². The monoisotopic (exact) mass is 576 g/mol. The van der Waals surface area contributed by atoms with Gasteiger partial charge >= 0.3 is 5.97 Å². The lowest BCUT2D eigenvalue weighted by Gasteiger charge is -2.37. The summed E-state index contributed by atoms with van der Waals surface area (Å²) >= 11 is 0. The fourth-order valence-electron chi connectivity index (χ4n) is 3.95. The fraction of sp³-hybridized carbons (Fsp3) is 0.441. The van der Waals surface area contributed by atoms with E-state index in [0.29, 0.717) is 0 Å². The van der Waals surface area contributed by atoms with Gasteiger partial charge in [-0.15, -0.1) is 0 Å². The molecule has 0 aromatic heterocycles.